The second-order valence-electron chi connectivity index (χ2n) is 8.83. The molecule has 0 spiro atoms. The predicted octanol–water partition coefficient (Wildman–Crippen LogP) is 8.83. The molecule has 0 fully saturated rings. The van der Waals surface area contributed by atoms with E-state index in [4.69, 9.17) is 4.74 Å². The summed E-state index contributed by atoms with van der Waals surface area (Å²) in [5, 5.41) is 11.4. The van der Waals surface area contributed by atoms with E-state index in [0.717, 1.165) is 57.6 Å². The molecule has 0 radical (unpaired) electrons. The largest absolute Gasteiger partial charge is 0.499 e. The molecule has 0 rings (SSSR count). The molecule has 0 saturated heterocycles. The quantitative estimate of drug-likeness (QED) is 0.0689. The summed E-state index contributed by atoms with van der Waals surface area (Å²) in [6.45, 7) is 12.5. The molecule has 0 aliphatic rings. The lowest BCUT2D eigenvalue weighted by Crippen LogP contribution is -2.21. The summed E-state index contributed by atoms with van der Waals surface area (Å²) in [6.07, 6.45) is 25.4. The number of hydrogen-bond donors (Lipinski definition) is 1. The molecule has 0 aromatic heterocycles. The van der Waals surface area contributed by atoms with Crippen LogP contribution in [-0.2, 0) is 4.74 Å². The molecule has 0 bridgehead atoms. The second kappa shape index (κ2) is 24.5. The number of rotatable bonds is 25. The summed E-state index contributed by atoms with van der Waals surface area (Å²) in [4.78, 5) is 0. The molecule has 0 aliphatic heterocycles. The van der Waals surface area contributed by atoms with Gasteiger partial charge in [-0.3, -0.25) is 0 Å². The van der Waals surface area contributed by atoms with Crippen molar-refractivity contribution in [2.75, 3.05) is 19.7 Å². The van der Waals surface area contributed by atoms with Gasteiger partial charge in [0.15, 0.2) is 0 Å². The lowest BCUT2D eigenvalue weighted by Gasteiger charge is -2.14. The maximum atomic E-state index is 9.93. The predicted molar refractivity (Wildman–Crippen MR) is 132 cm³/mol. The number of hydrogen-bond acceptors (Lipinski definition) is 3. The number of hydroxylamine groups is 2. The third-order valence-electron chi connectivity index (χ3n) is 5.75. The Labute approximate surface area is 188 Å². The normalized spacial score (nSPS) is 11.2. The van der Waals surface area contributed by atoms with Gasteiger partial charge in [-0.2, -0.15) is 5.06 Å². The van der Waals surface area contributed by atoms with Crippen molar-refractivity contribution in [3.63, 3.8) is 0 Å². The number of allylic oxidation sites excluding steroid dienone is 2. The molecule has 0 atom stereocenters. The highest BCUT2D eigenvalue weighted by atomic mass is 16.5. The minimum atomic E-state index is 0.810. The highest BCUT2D eigenvalue weighted by Gasteiger charge is 2.01. The van der Waals surface area contributed by atoms with E-state index in [-0.39, 0.29) is 0 Å². The van der Waals surface area contributed by atoms with E-state index in [1.807, 2.05) is 6.08 Å². The lowest BCUT2D eigenvalue weighted by atomic mass is 10.1. The molecule has 3 heteroatoms. The van der Waals surface area contributed by atoms with Crippen LogP contribution in [0.1, 0.15) is 129 Å². The molecule has 0 aliphatic carbocycles. The van der Waals surface area contributed by atoms with Gasteiger partial charge in [-0.05, 0) is 38.5 Å². The number of unbranched alkanes of at least 4 members (excludes halogenated alkanes) is 15. The standard InChI is InChI=1S/C27H53NO2/c1-4-6-8-10-12-16-20-24-28(29)25-21-17-14-15-19-23-27(3)30-26-22-18-13-11-9-7-5-2/h4,29H,1,3,5-26H2,2H3. The maximum absolute atomic E-state index is 9.93. The van der Waals surface area contributed by atoms with Gasteiger partial charge in [-0.1, -0.05) is 96.6 Å². The average molecular weight is 424 g/mol. The second-order valence-corrected chi connectivity index (χ2v) is 8.83. The molecule has 30 heavy (non-hydrogen) atoms. The van der Waals surface area contributed by atoms with E-state index in [9.17, 15) is 5.21 Å². The zero-order valence-electron chi connectivity index (χ0n) is 20.4. The van der Waals surface area contributed by atoms with Gasteiger partial charge in [-0.15, -0.1) is 6.58 Å². The molecule has 0 heterocycles. The molecule has 0 unspecified atom stereocenters. The fourth-order valence-electron chi connectivity index (χ4n) is 3.72. The Balaban J connectivity index is 3.26. The molecule has 0 aromatic carbocycles. The van der Waals surface area contributed by atoms with E-state index in [1.165, 1.54) is 95.0 Å². The van der Waals surface area contributed by atoms with E-state index in [2.05, 4.69) is 20.1 Å². The van der Waals surface area contributed by atoms with Crippen molar-refractivity contribution >= 4 is 0 Å². The van der Waals surface area contributed by atoms with Crippen LogP contribution < -0.4 is 0 Å². The summed E-state index contributed by atoms with van der Waals surface area (Å²) in [7, 11) is 0. The summed E-state index contributed by atoms with van der Waals surface area (Å²) in [6, 6.07) is 0. The first-order valence-electron chi connectivity index (χ1n) is 13.1. The average Bonchev–Trinajstić information content (AvgIpc) is 2.74. The van der Waals surface area contributed by atoms with Crippen LogP contribution in [0.3, 0.4) is 0 Å². The van der Waals surface area contributed by atoms with Crippen molar-refractivity contribution in [2.45, 2.75) is 129 Å². The SMILES string of the molecule is C=CCCCCCCCN(O)CCCCCCCC(=C)OCCCCCCCCC. The van der Waals surface area contributed by atoms with Crippen LogP contribution in [0.25, 0.3) is 0 Å². The van der Waals surface area contributed by atoms with Gasteiger partial charge in [-0.25, -0.2) is 0 Å². The summed E-state index contributed by atoms with van der Waals surface area (Å²) >= 11 is 0. The first kappa shape index (κ1) is 29.2. The minimum Gasteiger partial charge on any atom is -0.499 e. The minimum absolute atomic E-state index is 0.810. The van der Waals surface area contributed by atoms with E-state index in [1.54, 1.807) is 0 Å². The van der Waals surface area contributed by atoms with Crippen molar-refractivity contribution in [2.24, 2.45) is 0 Å². The van der Waals surface area contributed by atoms with Gasteiger partial charge in [0.2, 0.25) is 0 Å². The fourth-order valence-corrected chi connectivity index (χ4v) is 3.72. The van der Waals surface area contributed by atoms with Crippen molar-refractivity contribution in [3.05, 3.63) is 25.0 Å². The molecular weight excluding hydrogens is 370 g/mol. The summed E-state index contributed by atoms with van der Waals surface area (Å²) < 4.78 is 5.76. The monoisotopic (exact) mass is 423 g/mol. The van der Waals surface area contributed by atoms with Crippen molar-refractivity contribution in [1.29, 1.82) is 0 Å². The Hall–Kier alpha value is -0.800. The van der Waals surface area contributed by atoms with Gasteiger partial charge < -0.3 is 9.94 Å². The van der Waals surface area contributed by atoms with Crippen LogP contribution in [-0.4, -0.2) is 30.0 Å². The molecular formula is C27H53NO2. The Kier molecular flexibility index (Phi) is 23.8. The van der Waals surface area contributed by atoms with Gasteiger partial charge in [0.1, 0.15) is 0 Å². The van der Waals surface area contributed by atoms with Gasteiger partial charge >= 0.3 is 0 Å². The molecule has 0 saturated carbocycles. The molecule has 0 amide bonds. The number of ether oxygens (including phenoxy) is 1. The third-order valence-corrected chi connectivity index (χ3v) is 5.75. The first-order chi connectivity index (χ1) is 14.7. The van der Waals surface area contributed by atoms with Crippen molar-refractivity contribution in [3.8, 4) is 0 Å². The Bertz CT molecular complexity index is 370. The third kappa shape index (κ3) is 23.5. The summed E-state index contributed by atoms with van der Waals surface area (Å²) in [5.41, 5.74) is 0. The number of nitrogens with zero attached hydrogens (tertiary/aromatic N) is 1. The molecule has 0 aromatic rings. The van der Waals surface area contributed by atoms with E-state index in [0.29, 0.717) is 0 Å². The van der Waals surface area contributed by atoms with E-state index < -0.39 is 0 Å². The highest BCUT2D eigenvalue weighted by Crippen LogP contribution is 2.13. The molecule has 178 valence electrons. The summed E-state index contributed by atoms with van der Waals surface area (Å²) in [5.74, 6) is 0.965. The zero-order valence-corrected chi connectivity index (χ0v) is 20.4. The van der Waals surface area contributed by atoms with Crippen molar-refractivity contribution in [1.82, 2.24) is 5.06 Å². The van der Waals surface area contributed by atoms with Crippen LogP contribution in [0.2, 0.25) is 0 Å². The topological polar surface area (TPSA) is 32.7 Å². The van der Waals surface area contributed by atoms with E-state index >= 15 is 0 Å². The van der Waals surface area contributed by atoms with Crippen LogP contribution >= 0.6 is 0 Å². The Morgan fingerprint density at radius 3 is 1.83 bits per heavy atom. The Morgan fingerprint density at radius 1 is 0.733 bits per heavy atom. The van der Waals surface area contributed by atoms with Crippen LogP contribution in [0.4, 0.5) is 0 Å². The van der Waals surface area contributed by atoms with Crippen LogP contribution in [0.15, 0.2) is 25.0 Å². The zero-order chi connectivity index (χ0) is 22.1. The fraction of sp³-hybridized carbons (Fsp3) is 0.852. The smallest absolute Gasteiger partial charge is 0.0888 e. The van der Waals surface area contributed by atoms with Crippen LogP contribution in [0.5, 0.6) is 0 Å². The molecule has 3 nitrogen and oxygen atoms in total. The van der Waals surface area contributed by atoms with Gasteiger partial charge in [0.25, 0.3) is 0 Å². The van der Waals surface area contributed by atoms with Crippen molar-refractivity contribution < 1.29 is 9.94 Å². The van der Waals surface area contributed by atoms with Gasteiger partial charge in [0.05, 0.1) is 12.4 Å². The maximum Gasteiger partial charge on any atom is 0.0888 e. The molecule has 1 N–H and O–H groups in total. The first-order valence-corrected chi connectivity index (χ1v) is 13.1. The highest BCUT2D eigenvalue weighted by molar-refractivity contribution is 4.81. The van der Waals surface area contributed by atoms with Gasteiger partial charge in [0, 0.05) is 19.5 Å². The van der Waals surface area contributed by atoms with Crippen LogP contribution in [0, 0.1) is 0 Å². The lowest BCUT2D eigenvalue weighted by molar-refractivity contribution is -0.0925. The Morgan fingerprint density at radius 2 is 1.23 bits per heavy atom.